The summed E-state index contributed by atoms with van der Waals surface area (Å²) in [5.74, 6) is 0.718. The third kappa shape index (κ3) is 3.53. The molecule has 2 N–H and O–H groups in total. The van der Waals surface area contributed by atoms with Crippen LogP contribution in [0.5, 0.6) is 11.5 Å². The van der Waals surface area contributed by atoms with Crippen molar-refractivity contribution >= 4 is 5.78 Å². The van der Waals surface area contributed by atoms with E-state index in [0.717, 1.165) is 49.7 Å². The van der Waals surface area contributed by atoms with E-state index in [4.69, 9.17) is 4.74 Å². The van der Waals surface area contributed by atoms with Crippen LogP contribution in [0.25, 0.3) is 0 Å². The molecule has 0 radical (unpaired) electrons. The van der Waals surface area contributed by atoms with Crippen LogP contribution in [0.2, 0.25) is 0 Å². The average Bonchev–Trinajstić information content (AvgIpc) is 3.27. The highest BCUT2D eigenvalue weighted by atomic mass is 16.6. The van der Waals surface area contributed by atoms with Crippen LogP contribution in [0.15, 0.2) is 47.6 Å². The zero-order valence-electron chi connectivity index (χ0n) is 29.5. The predicted octanol–water partition coefficient (Wildman–Crippen LogP) is 9.45. The Bertz CT molecular complexity index is 1620. The summed E-state index contributed by atoms with van der Waals surface area (Å²) in [6, 6.07) is 3.68. The quantitative estimate of drug-likeness (QED) is 0.322. The second-order valence-corrected chi connectivity index (χ2v) is 18.3. The molecule has 2 bridgehead atoms. The summed E-state index contributed by atoms with van der Waals surface area (Å²) in [4.78, 5) is 14.4. The highest BCUT2D eigenvalue weighted by Gasteiger charge is 2.77. The first-order valence-electron chi connectivity index (χ1n) is 18.4. The Labute approximate surface area is 276 Å². The zero-order chi connectivity index (χ0) is 32.8. The van der Waals surface area contributed by atoms with Gasteiger partial charge in [0.25, 0.3) is 0 Å². The largest absolute Gasteiger partial charge is 0.508 e. The molecule has 8 rings (SSSR count). The lowest BCUT2D eigenvalue weighted by molar-refractivity contribution is -0.229. The lowest BCUT2D eigenvalue weighted by Gasteiger charge is -2.59. The molecule has 4 heteroatoms. The molecule has 3 fully saturated rings. The van der Waals surface area contributed by atoms with Gasteiger partial charge in [-0.25, -0.2) is 0 Å². The first-order valence-corrected chi connectivity index (χ1v) is 18.4. The molecule has 12 atom stereocenters. The Morgan fingerprint density at radius 2 is 1.63 bits per heavy atom. The maximum absolute atomic E-state index is 14.4. The Morgan fingerprint density at radius 1 is 0.935 bits per heavy atom. The van der Waals surface area contributed by atoms with Gasteiger partial charge in [-0.2, -0.15) is 0 Å². The predicted molar refractivity (Wildman–Crippen MR) is 182 cm³/mol. The molecule has 3 saturated carbocycles. The summed E-state index contributed by atoms with van der Waals surface area (Å²) >= 11 is 0. The first kappa shape index (κ1) is 31.0. The van der Waals surface area contributed by atoms with Gasteiger partial charge in [0, 0.05) is 5.56 Å². The van der Waals surface area contributed by atoms with E-state index in [2.05, 4.69) is 67.5 Å². The smallest absolute Gasteiger partial charge is 0.235 e. The number of phenols is 1. The van der Waals surface area contributed by atoms with Gasteiger partial charge >= 0.3 is 0 Å². The van der Waals surface area contributed by atoms with Crippen molar-refractivity contribution in [1.82, 2.24) is 0 Å². The van der Waals surface area contributed by atoms with Crippen molar-refractivity contribution in [3.8, 4) is 11.5 Å². The summed E-state index contributed by atoms with van der Waals surface area (Å²) in [6.07, 6.45) is 17.5. The van der Waals surface area contributed by atoms with Gasteiger partial charge in [-0.15, -0.1) is 0 Å². The fourth-order valence-electron chi connectivity index (χ4n) is 13.7. The number of carbonyl (C=O) groups excluding carboxylic acids is 1. The molecular weight excluding hydrogens is 568 g/mol. The Balaban J connectivity index is 1.29. The van der Waals surface area contributed by atoms with Crippen LogP contribution >= 0.6 is 0 Å². The van der Waals surface area contributed by atoms with Crippen molar-refractivity contribution in [3.63, 3.8) is 0 Å². The van der Waals surface area contributed by atoms with Crippen LogP contribution in [0.3, 0.4) is 0 Å². The van der Waals surface area contributed by atoms with Gasteiger partial charge < -0.3 is 14.9 Å². The Morgan fingerprint density at radius 3 is 2.39 bits per heavy atom. The van der Waals surface area contributed by atoms with Crippen LogP contribution < -0.4 is 4.74 Å². The number of aliphatic hydroxyl groups is 1. The molecule has 0 saturated heterocycles. The number of ether oxygens (including phenoxy) is 1. The minimum Gasteiger partial charge on any atom is -0.508 e. The Hall–Kier alpha value is -2.33. The average molecular weight is 625 g/mol. The van der Waals surface area contributed by atoms with E-state index in [-0.39, 0.29) is 39.1 Å². The molecule has 1 spiro atoms. The van der Waals surface area contributed by atoms with Crippen molar-refractivity contribution in [1.29, 1.82) is 0 Å². The van der Waals surface area contributed by atoms with Crippen molar-refractivity contribution in [2.75, 3.05) is 0 Å². The zero-order valence-corrected chi connectivity index (χ0v) is 29.5. The lowest BCUT2D eigenvalue weighted by Crippen LogP contribution is -2.63. The molecular formula is C42H56O4. The number of hydrogen-bond donors (Lipinski definition) is 2. The number of ketones is 1. The molecule has 0 aromatic heterocycles. The van der Waals surface area contributed by atoms with Crippen molar-refractivity contribution < 1.29 is 19.7 Å². The highest BCUT2D eigenvalue weighted by molar-refractivity contribution is 5.99. The number of hydrogen-bond acceptors (Lipinski definition) is 4. The van der Waals surface area contributed by atoms with Crippen LogP contribution in [-0.4, -0.2) is 21.8 Å². The standard InChI is InChI=1S/C42H56O4/c1-24-10-9-11-33-37(24,5)17-14-26(3)39(33,7)22-28-20-29(43)21-30-34-32(44)16-19-42(45,46-35(28)30)41(34)23-40(8)27(4)15-18-38(6)25(2)12-13-31(41)36(38)40/h10,12,16,19-21,26-27,31,33-34,36,43,45H,9,11,13-15,17-18,22-23H2,1-8H3. The molecule has 6 aliphatic carbocycles. The van der Waals surface area contributed by atoms with Crippen molar-refractivity contribution in [2.45, 2.75) is 125 Å². The molecule has 1 aromatic rings. The minimum absolute atomic E-state index is 0.0150. The summed E-state index contributed by atoms with van der Waals surface area (Å²) in [5, 5.41) is 24.5. The number of phenolic OH excluding ortho intramolecular Hbond substituents is 1. The van der Waals surface area contributed by atoms with Gasteiger partial charge in [-0.3, -0.25) is 4.79 Å². The molecule has 12 unspecified atom stereocenters. The van der Waals surface area contributed by atoms with E-state index in [1.807, 2.05) is 12.1 Å². The van der Waals surface area contributed by atoms with Gasteiger partial charge in [-0.1, -0.05) is 64.8 Å². The third-order valence-electron chi connectivity index (χ3n) is 16.8. The van der Waals surface area contributed by atoms with Gasteiger partial charge in [0.15, 0.2) is 5.78 Å². The topological polar surface area (TPSA) is 66.8 Å². The normalized spacial score (nSPS) is 50.2. The Kier molecular flexibility index (Phi) is 6.34. The maximum atomic E-state index is 14.4. The summed E-state index contributed by atoms with van der Waals surface area (Å²) in [6.45, 7) is 19.2. The van der Waals surface area contributed by atoms with E-state index >= 15 is 0 Å². The second-order valence-electron chi connectivity index (χ2n) is 18.3. The van der Waals surface area contributed by atoms with Gasteiger partial charge in [-0.05, 0) is 153 Å². The van der Waals surface area contributed by atoms with E-state index in [9.17, 15) is 15.0 Å². The number of allylic oxidation sites excluding steroid dienone is 5. The van der Waals surface area contributed by atoms with Crippen molar-refractivity contribution in [3.05, 3.63) is 58.7 Å². The minimum atomic E-state index is -1.59. The molecule has 1 heterocycles. The number of carbonyl (C=O) groups is 1. The number of aromatic hydroxyl groups is 1. The summed E-state index contributed by atoms with van der Waals surface area (Å²) in [5.41, 5.74) is 4.10. The van der Waals surface area contributed by atoms with E-state index in [0.29, 0.717) is 29.4 Å². The van der Waals surface area contributed by atoms with Gasteiger partial charge in [0.2, 0.25) is 5.79 Å². The summed E-state index contributed by atoms with van der Waals surface area (Å²) in [7, 11) is 0. The summed E-state index contributed by atoms with van der Waals surface area (Å²) < 4.78 is 7.08. The highest BCUT2D eigenvalue weighted by Crippen LogP contribution is 2.79. The maximum Gasteiger partial charge on any atom is 0.235 e. The molecule has 46 heavy (non-hydrogen) atoms. The van der Waals surface area contributed by atoms with Crippen LogP contribution in [-0.2, 0) is 11.2 Å². The lowest BCUT2D eigenvalue weighted by atomic mass is 9.46. The van der Waals surface area contributed by atoms with Crippen LogP contribution in [0.4, 0.5) is 0 Å². The fraction of sp³-hybridized carbons (Fsp3) is 0.690. The van der Waals surface area contributed by atoms with E-state index in [1.165, 1.54) is 30.4 Å². The molecule has 0 amide bonds. The monoisotopic (exact) mass is 624 g/mol. The van der Waals surface area contributed by atoms with Crippen LogP contribution in [0.1, 0.15) is 124 Å². The third-order valence-corrected chi connectivity index (χ3v) is 16.8. The first-order chi connectivity index (χ1) is 21.5. The molecule has 7 aliphatic rings. The molecule has 248 valence electrons. The van der Waals surface area contributed by atoms with Gasteiger partial charge in [0.1, 0.15) is 11.5 Å². The van der Waals surface area contributed by atoms with Crippen molar-refractivity contribution in [2.24, 2.45) is 56.7 Å². The van der Waals surface area contributed by atoms with Crippen LogP contribution in [0, 0.1) is 56.7 Å². The molecule has 4 nitrogen and oxygen atoms in total. The fourth-order valence-corrected chi connectivity index (χ4v) is 13.7. The number of benzene rings is 1. The number of fused-ring (bicyclic) bond motifs is 3. The number of rotatable bonds is 2. The van der Waals surface area contributed by atoms with Gasteiger partial charge in [0.05, 0.1) is 11.3 Å². The second kappa shape index (κ2) is 9.42. The van der Waals surface area contributed by atoms with E-state index in [1.54, 1.807) is 12.2 Å². The molecule has 1 aromatic carbocycles. The SMILES string of the molecule is CC1=CCCC2C1(C)CCC(C)C2(C)Cc1cc(O)cc2c1OC1(O)C=CC(=O)C2C12CC1(C)C(C)CCC3(C)C(C)=CCC2C31. The molecule has 1 aliphatic heterocycles. The van der Waals surface area contributed by atoms with E-state index < -0.39 is 17.1 Å².